The molecule has 12 fully saturated rings. The first-order valence-corrected chi connectivity index (χ1v) is 53.3. The van der Waals surface area contributed by atoms with Gasteiger partial charge < -0.3 is 29.5 Å². The third-order valence-corrected chi connectivity index (χ3v) is 43.7. The van der Waals surface area contributed by atoms with Gasteiger partial charge in [0.05, 0.1) is 0 Å². The number of ether oxygens (including phenoxy) is 3. The number of hydrogen-bond donors (Lipinski definition) is 3. The third-order valence-electron chi connectivity index (χ3n) is 35.3. The average molecular weight is 2040 g/mol. The van der Waals surface area contributed by atoms with E-state index in [0.717, 1.165) is 146 Å². The van der Waals surface area contributed by atoms with Crippen LogP contribution in [0.15, 0.2) is 37.5 Å². The van der Waals surface area contributed by atoms with Crippen molar-refractivity contribution in [1.82, 2.24) is 0 Å². The molecule has 128 heavy (non-hydrogen) atoms. The van der Waals surface area contributed by atoms with E-state index in [0.29, 0.717) is 98.8 Å². The molecule has 0 spiro atoms. The number of carbonyl (C=O) groups is 8. The van der Waals surface area contributed by atoms with Gasteiger partial charge in [0, 0.05) is 57.8 Å². The topological polar surface area (TPSA) is 262 Å². The number of rotatable bonds is 19. The molecule has 30 atom stereocenters. The van der Waals surface area contributed by atoms with Gasteiger partial charge in [-0.2, -0.15) is 52.7 Å². The molecule has 12 saturated carbocycles. The SMILES string of the molecule is C=CCC(O)(C(F)(F)F)C(F)(F)F.C=C[C@@H](C)[C@H]1CCC2C3C[C@H](OC(C)=O)[C@@H]4C[C@H](C)CC[C@]4(C)C3CC[C@@]21C.CC(=O)O[C@H]1CC2C3CC[C@H]([C@H](C)/C=C/CC(O)(C(F)(F)F)C(F)(F)F)[C@@]3(C)CCC2[C@@]2(C)CC[C@@H](C)C[C@@H]12.CC(=O)O[C@H]1CC2C3CC[C@H]([C@H](C)CCC(=O)O)[C@@]3(C)CCC2[C@@]2(C)CC[C@@H](C)C[C@@H]12.CC(=O)[O][Pb]([O]C(C)=O)([O]C(C)=O)[O]C(C)=O. The van der Waals surface area contributed by atoms with E-state index in [-0.39, 0.29) is 65.3 Å². The second-order valence-electron chi connectivity index (χ2n) is 43.0. The van der Waals surface area contributed by atoms with Crippen LogP contribution in [0.4, 0.5) is 52.7 Å². The molecule has 0 aromatic rings. The molecule has 3 N–H and O–H groups in total. The molecule has 18 nitrogen and oxygen atoms in total. The number of allylic oxidation sites excluding steroid dienone is 2. The predicted octanol–water partition coefficient (Wildman–Crippen LogP) is 23.3. The van der Waals surface area contributed by atoms with Crippen LogP contribution >= 0.6 is 0 Å². The van der Waals surface area contributed by atoms with E-state index >= 15 is 0 Å². The fourth-order valence-corrected chi connectivity index (χ4v) is 35.8. The number of aliphatic carboxylic acids is 1. The Morgan fingerprint density at radius 3 is 0.922 bits per heavy atom. The molecular formula is C97H148F12O18Pb. The number of fused-ring (bicyclic) bond motifs is 15. The van der Waals surface area contributed by atoms with Gasteiger partial charge in [-0.3, -0.25) is 19.2 Å². The first kappa shape index (κ1) is 108. The minimum atomic E-state index is -5.81. The minimum absolute atomic E-state index is 0.0767. The van der Waals surface area contributed by atoms with Crippen molar-refractivity contribution in [3.05, 3.63) is 37.5 Å². The van der Waals surface area contributed by atoms with Crippen LogP contribution in [0.1, 0.15) is 311 Å². The third kappa shape index (κ3) is 22.9. The molecule has 12 aliphatic rings. The molecule has 0 amide bonds. The van der Waals surface area contributed by atoms with Crippen LogP contribution in [-0.4, -0.2) is 140 Å². The van der Waals surface area contributed by atoms with Gasteiger partial charge in [-0.05, 0) is 280 Å². The molecule has 31 heteroatoms. The quantitative estimate of drug-likeness (QED) is 0.0357. The summed E-state index contributed by atoms with van der Waals surface area (Å²) in [7, 11) is 0. The van der Waals surface area contributed by atoms with Crippen LogP contribution in [0.3, 0.4) is 0 Å². The van der Waals surface area contributed by atoms with Crippen molar-refractivity contribution < 1.29 is 131 Å². The number of carbonyl (C=O) groups excluding carboxylic acids is 7. The summed E-state index contributed by atoms with van der Waals surface area (Å²) in [4.78, 5) is 90.7. The second kappa shape index (κ2) is 41.3. The molecule has 0 aliphatic heterocycles. The Kier molecular flexibility index (Phi) is 34.9. The number of carboxylic acids is 1. The van der Waals surface area contributed by atoms with E-state index in [1.807, 2.05) is 6.92 Å². The molecule has 0 heterocycles. The summed E-state index contributed by atoms with van der Waals surface area (Å²) in [6.45, 7) is 43.9. The van der Waals surface area contributed by atoms with Gasteiger partial charge >= 0.3 is 153 Å². The van der Waals surface area contributed by atoms with Gasteiger partial charge in [-0.1, -0.05) is 127 Å². The monoisotopic (exact) mass is 2040 g/mol. The summed E-state index contributed by atoms with van der Waals surface area (Å²) in [5, 5.41) is 27.1. The van der Waals surface area contributed by atoms with E-state index in [4.69, 9.17) is 19.3 Å². The maximum atomic E-state index is 13.1. The first-order valence-electron chi connectivity index (χ1n) is 47.0. The van der Waals surface area contributed by atoms with Crippen LogP contribution in [-0.2, 0) is 63.3 Å². The number of carboxylic acid groups (broad SMARTS) is 1. The van der Waals surface area contributed by atoms with Crippen molar-refractivity contribution in [2.75, 3.05) is 0 Å². The van der Waals surface area contributed by atoms with E-state index < -0.39 is 102 Å². The summed E-state index contributed by atoms with van der Waals surface area (Å²) < 4.78 is 186. The van der Waals surface area contributed by atoms with Crippen LogP contribution in [0.25, 0.3) is 0 Å². The van der Waals surface area contributed by atoms with Gasteiger partial charge in [0.2, 0.25) is 0 Å². The summed E-state index contributed by atoms with van der Waals surface area (Å²) in [6.07, 6.45) is 8.22. The normalized spacial score (nSPS) is 38.4. The molecule has 0 aromatic carbocycles. The summed E-state index contributed by atoms with van der Waals surface area (Å²) >= 11 is -5.43. The molecular weight excluding hydrogens is 1890 g/mol. The molecule has 0 bridgehead atoms. The fourth-order valence-electron chi connectivity index (χ4n) is 29.3. The maximum absolute atomic E-state index is 13.1. The summed E-state index contributed by atoms with van der Waals surface area (Å²) in [6, 6.07) is 0. The van der Waals surface area contributed by atoms with Crippen molar-refractivity contribution >= 4 is 70.7 Å². The van der Waals surface area contributed by atoms with E-state index in [1.165, 1.54) is 103 Å². The molecule has 0 saturated heterocycles. The zero-order valence-electron chi connectivity index (χ0n) is 78.9. The number of alkyl halides is 12. The molecule has 0 aromatic heterocycles. The fraction of sp³-hybridized carbons (Fsp3) is 0.856. The number of esters is 3. The van der Waals surface area contributed by atoms with Crippen molar-refractivity contribution in [2.24, 2.45) is 157 Å². The predicted molar refractivity (Wildman–Crippen MR) is 456 cm³/mol. The Hall–Kier alpha value is -5.02. The Morgan fingerprint density at radius 2 is 0.656 bits per heavy atom. The van der Waals surface area contributed by atoms with Gasteiger partial charge in [-0.25, -0.2) is 0 Å². The van der Waals surface area contributed by atoms with Crippen molar-refractivity contribution in [2.45, 2.75) is 366 Å². The average Bonchev–Trinajstić information content (AvgIpc) is 1.49. The number of halogens is 12. The van der Waals surface area contributed by atoms with Crippen LogP contribution in [0.5, 0.6) is 0 Å². The standard InChI is InChI=1S/C30H44F6O3.C27H44O4.C26H42O2.C6H6F6O.4C2H4O2.Pb/c1-17-10-13-27(5)23-11-14-26(4)21(18(2)7-6-12-28(38,29(31,32)33)30(34,35)36)8-9-22(26)20(23)16-25(24(27)15-17)39-19(3)37;1-16-10-12-27(5)22-11-13-26(4)20(17(2)6-9-25(29)30)7-8-21(26)19(22)15-24(23(27)14-16)31-18(3)28;1-7-17(3)20-8-9-21-19-15-24(28-18(4)27)23-14-16(2)10-12-26(23,6)22(19)11-13-25(20,21)5;1-2-3-4(13,5(7,8)9)6(10,11)12;4*1-2(3)4;/h6-7,17-18,20-25,38H,8-16H2,1-5H3;16-17,19-24H,6-15H2,1-5H3,(H,29,30);7,16-17,19-24H,1,8-15H2,2-6H3;2,13H,1,3H2;4*1H3,(H,3,4);/q;;;;;;;;+4/p-4/b7-6+;;;;;;;;/t17-,18-,20?,21-,22?,23?,24+,25+,26-,27-;16-,17-,19?,20-,21?,22?,23+,24+,26-,27-;16-,17-,19?,20-,21?,22?,23+,24+,25-,26-;;;;;;/m111....../s1. The first-order chi connectivity index (χ1) is 58.8. The summed E-state index contributed by atoms with van der Waals surface area (Å²) in [5.41, 5.74) is -8.04. The zero-order valence-corrected chi connectivity index (χ0v) is 82.8. The summed E-state index contributed by atoms with van der Waals surface area (Å²) in [5.74, 6) is 6.99. The Morgan fingerprint density at radius 1 is 0.383 bits per heavy atom. The second-order valence-corrected chi connectivity index (χ2v) is 50.1. The molecule has 12 aliphatic carbocycles. The molecule has 0 radical (unpaired) electrons. The van der Waals surface area contributed by atoms with E-state index in [9.17, 15) is 101 Å². The van der Waals surface area contributed by atoms with Crippen LogP contribution in [0.2, 0.25) is 0 Å². The van der Waals surface area contributed by atoms with Gasteiger partial charge in [0.25, 0.3) is 11.2 Å². The van der Waals surface area contributed by atoms with Crippen molar-refractivity contribution in [3.8, 4) is 0 Å². The molecule has 12 rings (SSSR count). The van der Waals surface area contributed by atoms with Crippen molar-refractivity contribution in [1.29, 1.82) is 0 Å². The van der Waals surface area contributed by atoms with Gasteiger partial charge in [-0.15, -0.1) is 13.2 Å². The zero-order chi connectivity index (χ0) is 96.6. The van der Waals surface area contributed by atoms with E-state index in [1.54, 1.807) is 13.8 Å². The van der Waals surface area contributed by atoms with Gasteiger partial charge in [0.15, 0.2) is 0 Å². The van der Waals surface area contributed by atoms with Crippen molar-refractivity contribution in [3.63, 3.8) is 0 Å². The van der Waals surface area contributed by atoms with Gasteiger partial charge in [0.1, 0.15) is 18.3 Å². The van der Waals surface area contributed by atoms with E-state index in [2.05, 4.69) is 106 Å². The molecule has 9 unspecified atom stereocenters. The van der Waals surface area contributed by atoms with Crippen LogP contribution in [0, 0.1) is 157 Å². The molecule has 732 valence electrons. The Labute approximate surface area is 757 Å². The number of aliphatic hydroxyl groups is 2. The number of hydrogen-bond acceptors (Lipinski definition) is 17. The Bertz CT molecular complexity index is 3830. The Balaban J connectivity index is 0.000000207. The van der Waals surface area contributed by atoms with Crippen LogP contribution < -0.4 is 0 Å².